The molecule has 4 rings (SSSR count). The molecule has 0 saturated heterocycles. The fourth-order valence-electron chi connectivity index (χ4n) is 3.73. The number of nitrogens with one attached hydrogen (secondary N) is 1. The molecule has 31 heavy (non-hydrogen) atoms. The van der Waals surface area contributed by atoms with Gasteiger partial charge in [0, 0.05) is 30.4 Å². The molecule has 0 spiro atoms. The van der Waals surface area contributed by atoms with Crippen molar-refractivity contribution in [1.82, 2.24) is 24.6 Å². The van der Waals surface area contributed by atoms with Gasteiger partial charge in [-0.05, 0) is 50.6 Å². The topological polar surface area (TPSA) is 66.8 Å². The Morgan fingerprint density at radius 3 is 2.61 bits per heavy atom. The van der Waals surface area contributed by atoms with Crippen molar-refractivity contribution in [3.05, 3.63) is 76.4 Å². The number of benzene rings is 2. The number of hydrogen-bond acceptors (Lipinski definition) is 3. The molecule has 0 aliphatic heterocycles. The molecule has 1 N–H and O–H groups in total. The van der Waals surface area contributed by atoms with Gasteiger partial charge in [-0.25, -0.2) is 18.4 Å². The summed E-state index contributed by atoms with van der Waals surface area (Å²) in [7, 11) is 1.72. The first-order chi connectivity index (χ1) is 14.8. The van der Waals surface area contributed by atoms with E-state index < -0.39 is 12.2 Å². The van der Waals surface area contributed by atoms with E-state index in [1.807, 2.05) is 49.7 Å². The Labute approximate surface area is 178 Å². The van der Waals surface area contributed by atoms with Crippen LogP contribution >= 0.6 is 0 Å². The number of imidazole rings is 1. The van der Waals surface area contributed by atoms with Crippen LogP contribution < -0.4 is 0 Å². The molecular formula is C23H23F2N5O. The second kappa shape index (κ2) is 7.94. The van der Waals surface area contributed by atoms with Crippen LogP contribution in [0.15, 0.2) is 42.5 Å². The van der Waals surface area contributed by atoms with Gasteiger partial charge in [0.25, 0.3) is 12.3 Å². The molecule has 0 saturated carbocycles. The summed E-state index contributed by atoms with van der Waals surface area (Å²) >= 11 is 0. The van der Waals surface area contributed by atoms with E-state index in [9.17, 15) is 13.6 Å². The van der Waals surface area contributed by atoms with E-state index in [1.165, 1.54) is 0 Å². The summed E-state index contributed by atoms with van der Waals surface area (Å²) in [6.45, 7) is 6.33. The van der Waals surface area contributed by atoms with Crippen LogP contribution in [0.2, 0.25) is 0 Å². The smallest absolute Gasteiger partial charge is 0.295 e. The standard InChI is InChI=1S/C23H23F2N5O/c1-13-7-5-6-8-20(13)30-15(3)17(14(2)28-30)12-29(4)23(31)16-9-10-18-19(11-16)27-22(26-18)21(24)25/h5-11,21H,12H2,1-4H3,(H,26,27). The summed E-state index contributed by atoms with van der Waals surface area (Å²) in [5, 5.41) is 4.68. The maximum absolute atomic E-state index is 13.0. The molecular weight excluding hydrogens is 400 g/mol. The van der Waals surface area contributed by atoms with Gasteiger partial charge >= 0.3 is 0 Å². The highest BCUT2D eigenvalue weighted by Gasteiger charge is 2.20. The number of aromatic nitrogens is 4. The Morgan fingerprint density at radius 1 is 1.16 bits per heavy atom. The number of rotatable bonds is 5. The molecule has 160 valence electrons. The van der Waals surface area contributed by atoms with E-state index in [1.54, 1.807) is 30.1 Å². The monoisotopic (exact) mass is 423 g/mol. The van der Waals surface area contributed by atoms with Gasteiger partial charge in [-0.2, -0.15) is 5.10 Å². The van der Waals surface area contributed by atoms with Crippen LogP contribution in [0.3, 0.4) is 0 Å². The summed E-state index contributed by atoms with van der Waals surface area (Å²) in [6, 6.07) is 12.7. The SMILES string of the molecule is Cc1ccccc1-n1nc(C)c(CN(C)C(=O)c2ccc3nc(C(F)F)[nH]c3c2)c1C. The third kappa shape index (κ3) is 3.81. The van der Waals surface area contributed by atoms with Gasteiger partial charge in [0.1, 0.15) is 0 Å². The second-order valence-corrected chi connectivity index (χ2v) is 7.66. The average Bonchev–Trinajstić information content (AvgIpc) is 3.29. The van der Waals surface area contributed by atoms with Crippen LogP contribution in [0.5, 0.6) is 0 Å². The number of carbonyl (C=O) groups excluding carboxylic acids is 1. The van der Waals surface area contributed by atoms with Gasteiger partial charge in [0.05, 0.1) is 22.4 Å². The number of hydrogen-bond donors (Lipinski definition) is 1. The zero-order valence-corrected chi connectivity index (χ0v) is 17.8. The van der Waals surface area contributed by atoms with Crippen molar-refractivity contribution in [2.24, 2.45) is 0 Å². The first-order valence-electron chi connectivity index (χ1n) is 9.90. The summed E-state index contributed by atoms with van der Waals surface area (Å²) in [4.78, 5) is 21.0. The van der Waals surface area contributed by atoms with Crippen LogP contribution in [0, 0.1) is 20.8 Å². The number of halogens is 2. The largest absolute Gasteiger partial charge is 0.337 e. The minimum atomic E-state index is -2.69. The van der Waals surface area contributed by atoms with Crippen molar-refractivity contribution in [1.29, 1.82) is 0 Å². The number of alkyl halides is 2. The molecule has 0 atom stereocenters. The summed E-state index contributed by atoms with van der Waals surface area (Å²) in [6.07, 6.45) is -2.69. The number of H-pyrrole nitrogens is 1. The van der Waals surface area contributed by atoms with Crippen LogP contribution in [0.4, 0.5) is 8.78 Å². The van der Waals surface area contributed by atoms with E-state index in [0.717, 1.165) is 28.2 Å². The highest BCUT2D eigenvalue weighted by Crippen LogP contribution is 2.24. The molecule has 0 bridgehead atoms. The lowest BCUT2D eigenvalue weighted by atomic mass is 10.1. The third-order valence-electron chi connectivity index (χ3n) is 5.48. The van der Waals surface area contributed by atoms with Crippen molar-refractivity contribution in [3.63, 3.8) is 0 Å². The van der Waals surface area contributed by atoms with Crippen LogP contribution in [0.1, 0.15) is 45.1 Å². The number of nitrogens with zero attached hydrogens (tertiary/aromatic N) is 4. The fourth-order valence-corrected chi connectivity index (χ4v) is 3.73. The number of aryl methyl sites for hydroxylation is 2. The molecule has 2 aromatic carbocycles. The summed E-state index contributed by atoms with van der Waals surface area (Å²) < 4.78 is 27.7. The van der Waals surface area contributed by atoms with Gasteiger partial charge < -0.3 is 9.88 Å². The number of para-hydroxylation sites is 1. The van der Waals surface area contributed by atoms with E-state index in [2.05, 4.69) is 15.1 Å². The van der Waals surface area contributed by atoms with E-state index in [0.29, 0.717) is 23.1 Å². The first kappa shape index (κ1) is 20.7. The number of amides is 1. The zero-order valence-electron chi connectivity index (χ0n) is 17.8. The molecule has 8 heteroatoms. The Morgan fingerprint density at radius 2 is 1.90 bits per heavy atom. The molecule has 6 nitrogen and oxygen atoms in total. The predicted molar refractivity (Wildman–Crippen MR) is 115 cm³/mol. The van der Waals surface area contributed by atoms with Crippen LogP contribution in [0.25, 0.3) is 16.7 Å². The lowest BCUT2D eigenvalue weighted by Gasteiger charge is -2.18. The number of carbonyl (C=O) groups is 1. The van der Waals surface area contributed by atoms with Crippen molar-refractivity contribution < 1.29 is 13.6 Å². The molecule has 0 aliphatic carbocycles. The van der Waals surface area contributed by atoms with E-state index in [4.69, 9.17) is 0 Å². The minimum absolute atomic E-state index is 0.211. The Kier molecular flexibility index (Phi) is 5.31. The van der Waals surface area contributed by atoms with Gasteiger partial charge in [0.2, 0.25) is 0 Å². The van der Waals surface area contributed by atoms with E-state index >= 15 is 0 Å². The summed E-state index contributed by atoms with van der Waals surface area (Å²) in [5.41, 5.74) is 6.13. The zero-order chi connectivity index (χ0) is 22.3. The second-order valence-electron chi connectivity index (χ2n) is 7.66. The summed E-state index contributed by atoms with van der Waals surface area (Å²) in [5.74, 6) is -0.611. The number of aromatic amines is 1. The molecule has 0 aliphatic rings. The predicted octanol–water partition coefficient (Wildman–Crippen LogP) is 4.88. The third-order valence-corrected chi connectivity index (χ3v) is 5.48. The van der Waals surface area contributed by atoms with Gasteiger partial charge in [-0.1, -0.05) is 18.2 Å². The lowest BCUT2D eigenvalue weighted by Crippen LogP contribution is -2.26. The average molecular weight is 423 g/mol. The van der Waals surface area contributed by atoms with Crippen molar-refractivity contribution in [2.75, 3.05) is 7.05 Å². The molecule has 1 amide bonds. The molecule has 0 radical (unpaired) electrons. The molecule has 0 fully saturated rings. The Balaban J connectivity index is 1.60. The van der Waals surface area contributed by atoms with Gasteiger partial charge in [-0.15, -0.1) is 0 Å². The van der Waals surface area contributed by atoms with Crippen molar-refractivity contribution >= 4 is 16.9 Å². The molecule has 2 heterocycles. The quantitative estimate of drug-likeness (QED) is 0.497. The maximum Gasteiger partial charge on any atom is 0.295 e. The molecule has 0 unspecified atom stereocenters. The van der Waals surface area contributed by atoms with Gasteiger partial charge in [-0.3, -0.25) is 4.79 Å². The van der Waals surface area contributed by atoms with Crippen LogP contribution in [-0.2, 0) is 6.54 Å². The Hall–Kier alpha value is -3.55. The first-order valence-corrected chi connectivity index (χ1v) is 9.90. The normalized spacial score (nSPS) is 11.5. The lowest BCUT2D eigenvalue weighted by molar-refractivity contribution is 0.0785. The van der Waals surface area contributed by atoms with E-state index in [-0.39, 0.29) is 5.91 Å². The Bertz CT molecular complexity index is 1270. The molecule has 4 aromatic rings. The highest BCUT2D eigenvalue weighted by molar-refractivity contribution is 5.97. The fraction of sp³-hybridized carbons (Fsp3) is 0.261. The van der Waals surface area contributed by atoms with Crippen molar-refractivity contribution in [2.45, 2.75) is 33.7 Å². The highest BCUT2D eigenvalue weighted by atomic mass is 19.3. The number of fused-ring (bicyclic) bond motifs is 1. The molecule has 2 aromatic heterocycles. The van der Waals surface area contributed by atoms with Crippen LogP contribution in [-0.4, -0.2) is 37.6 Å². The van der Waals surface area contributed by atoms with Gasteiger partial charge in [0.15, 0.2) is 5.82 Å². The van der Waals surface area contributed by atoms with Crippen molar-refractivity contribution in [3.8, 4) is 5.69 Å². The minimum Gasteiger partial charge on any atom is -0.337 e. The maximum atomic E-state index is 13.0.